The highest BCUT2D eigenvalue weighted by Gasteiger charge is 2.46. The van der Waals surface area contributed by atoms with E-state index in [1.165, 1.54) is 0 Å². The van der Waals surface area contributed by atoms with Crippen molar-refractivity contribution in [3.8, 4) is 0 Å². The minimum Gasteiger partial charge on any atom is -0.475 e. The normalized spacial score (nSPS) is 22.0. The number of likely N-dealkylation sites (tertiary alicyclic amines) is 1. The first-order chi connectivity index (χ1) is 14.8. The first kappa shape index (κ1) is 25.8. The Morgan fingerprint density at radius 3 is 2.41 bits per heavy atom. The third-order valence-corrected chi connectivity index (χ3v) is 5.84. The van der Waals surface area contributed by atoms with Crippen LogP contribution in [0, 0.1) is 5.41 Å². The van der Waals surface area contributed by atoms with Gasteiger partial charge in [0.25, 0.3) is 0 Å². The first-order valence-corrected chi connectivity index (χ1v) is 10.9. The lowest BCUT2D eigenvalue weighted by Crippen LogP contribution is -2.48. The third-order valence-electron chi connectivity index (χ3n) is 5.08. The maximum absolute atomic E-state index is 12.6. The van der Waals surface area contributed by atoms with Crippen LogP contribution in [0.15, 0.2) is 11.6 Å². The molecule has 0 aromatic carbocycles. The summed E-state index contributed by atoms with van der Waals surface area (Å²) in [6, 6.07) is 0.0680. The molecule has 2 aliphatic heterocycles. The van der Waals surface area contributed by atoms with Crippen LogP contribution >= 0.6 is 11.3 Å². The monoisotopic (exact) mass is 479 g/mol. The van der Waals surface area contributed by atoms with Gasteiger partial charge in [-0.25, -0.2) is 14.6 Å². The van der Waals surface area contributed by atoms with Crippen molar-refractivity contribution in [1.29, 1.82) is 0 Å². The van der Waals surface area contributed by atoms with Gasteiger partial charge in [0.1, 0.15) is 5.01 Å². The number of carbonyl (C=O) groups excluding carboxylic acids is 2. The lowest BCUT2D eigenvalue weighted by molar-refractivity contribution is -0.192. The molecule has 2 saturated heterocycles. The molecule has 180 valence electrons. The van der Waals surface area contributed by atoms with Gasteiger partial charge in [0, 0.05) is 69.2 Å². The molecule has 0 radical (unpaired) electrons. The predicted octanol–water partition coefficient (Wildman–Crippen LogP) is 1.86. The number of amides is 3. The van der Waals surface area contributed by atoms with Crippen LogP contribution in [-0.4, -0.2) is 94.7 Å². The standard InChI is InChI=1S/C17H27N5O2S.C2HF3O2/c1-13(2)19-16(24)22-6-5-21(9-14-18-4-7-25-14)11-17(12-22)8-15(23)20(3)10-17;3-2(4,5)1(6)7/h4,7,13H,5-6,8-12H2,1-3H3,(H,19,24);(H,6,7). The number of aliphatic carboxylic acids is 1. The number of rotatable bonds is 3. The van der Waals surface area contributed by atoms with Crippen molar-refractivity contribution in [1.82, 2.24) is 25.0 Å². The number of thiazole rings is 1. The highest BCUT2D eigenvalue weighted by atomic mass is 32.1. The summed E-state index contributed by atoms with van der Waals surface area (Å²) in [5.41, 5.74) is -0.200. The van der Waals surface area contributed by atoms with E-state index in [1.54, 1.807) is 16.2 Å². The fourth-order valence-corrected chi connectivity index (χ4v) is 4.49. The van der Waals surface area contributed by atoms with Gasteiger partial charge in [0.05, 0.1) is 6.54 Å². The van der Waals surface area contributed by atoms with Gasteiger partial charge in [-0.1, -0.05) is 0 Å². The summed E-state index contributed by atoms with van der Waals surface area (Å²) in [6.07, 6.45) is -2.76. The molecule has 9 nitrogen and oxygen atoms in total. The van der Waals surface area contributed by atoms with E-state index in [0.29, 0.717) is 26.1 Å². The van der Waals surface area contributed by atoms with Crippen molar-refractivity contribution >= 4 is 29.2 Å². The molecule has 1 unspecified atom stereocenters. The first-order valence-electron chi connectivity index (χ1n) is 10.0. The van der Waals surface area contributed by atoms with Gasteiger partial charge in [0.2, 0.25) is 5.91 Å². The number of nitrogens with one attached hydrogen (secondary N) is 1. The summed E-state index contributed by atoms with van der Waals surface area (Å²) in [4.78, 5) is 44.1. The number of halogens is 3. The molecular formula is C19H28F3N5O4S. The molecule has 3 amide bonds. The molecule has 1 atom stereocenters. The van der Waals surface area contributed by atoms with Crippen molar-refractivity contribution in [3.63, 3.8) is 0 Å². The van der Waals surface area contributed by atoms with E-state index in [9.17, 15) is 22.8 Å². The van der Waals surface area contributed by atoms with Crippen LogP contribution in [0.5, 0.6) is 0 Å². The number of hydrogen-bond donors (Lipinski definition) is 2. The second kappa shape index (κ2) is 10.5. The Balaban J connectivity index is 0.000000451. The van der Waals surface area contributed by atoms with Crippen LogP contribution in [0.4, 0.5) is 18.0 Å². The van der Waals surface area contributed by atoms with E-state index in [4.69, 9.17) is 9.90 Å². The highest BCUT2D eigenvalue weighted by molar-refractivity contribution is 7.09. The van der Waals surface area contributed by atoms with Crippen LogP contribution in [0.25, 0.3) is 0 Å². The van der Waals surface area contributed by atoms with Crippen molar-refractivity contribution in [2.75, 3.05) is 39.8 Å². The smallest absolute Gasteiger partial charge is 0.475 e. The number of nitrogens with zero attached hydrogens (tertiary/aromatic N) is 4. The number of alkyl halides is 3. The molecule has 13 heteroatoms. The lowest BCUT2D eigenvalue weighted by Gasteiger charge is -2.33. The van der Waals surface area contributed by atoms with Crippen molar-refractivity contribution < 1.29 is 32.7 Å². The fourth-order valence-electron chi connectivity index (χ4n) is 3.83. The maximum atomic E-state index is 12.6. The molecule has 2 aliphatic rings. The molecule has 3 rings (SSSR count). The quantitative estimate of drug-likeness (QED) is 0.686. The van der Waals surface area contributed by atoms with E-state index in [1.807, 2.05) is 37.4 Å². The number of carboxylic acids is 1. The summed E-state index contributed by atoms with van der Waals surface area (Å²) in [6.45, 7) is 8.31. The molecular weight excluding hydrogens is 451 g/mol. The Bertz CT molecular complexity index is 805. The van der Waals surface area contributed by atoms with Crippen LogP contribution in [0.3, 0.4) is 0 Å². The number of carboxylic acid groups (broad SMARTS) is 1. The van der Waals surface area contributed by atoms with Crippen molar-refractivity contribution in [2.45, 2.75) is 39.0 Å². The molecule has 0 aliphatic carbocycles. The van der Waals surface area contributed by atoms with E-state index < -0.39 is 12.1 Å². The number of hydrogen-bond acceptors (Lipinski definition) is 6. The van der Waals surface area contributed by atoms with Crippen molar-refractivity contribution in [3.05, 3.63) is 16.6 Å². The zero-order valence-corrected chi connectivity index (χ0v) is 19.0. The SMILES string of the molecule is CC(C)NC(=O)N1CCN(Cc2nccs2)CC2(CC(=O)N(C)C2)C1.O=C(O)C(F)(F)F. The van der Waals surface area contributed by atoms with Crippen LogP contribution in [0.1, 0.15) is 25.3 Å². The molecule has 1 aromatic rings. The summed E-state index contributed by atoms with van der Waals surface area (Å²) in [5.74, 6) is -2.59. The van der Waals surface area contributed by atoms with Gasteiger partial charge in [-0.2, -0.15) is 13.2 Å². The Hall–Kier alpha value is -2.41. The maximum Gasteiger partial charge on any atom is 0.490 e. The van der Waals surface area contributed by atoms with Gasteiger partial charge >= 0.3 is 18.2 Å². The second-order valence-corrected chi connectivity index (χ2v) is 9.37. The largest absolute Gasteiger partial charge is 0.490 e. The average Bonchev–Trinajstić information content (AvgIpc) is 3.20. The number of urea groups is 1. The van der Waals surface area contributed by atoms with E-state index >= 15 is 0 Å². The summed E-state index contributed by atoms with van der Waals surface area (Å²) in [5, 5.41) is 13.2. The summed E-state index contributed by atoms with van der Waals surface area (Å²) >= 11 is 1.65. The van der Waals surface area contributed by atoms with Crippen molar-refractivity contribution in [2.24, 2.45) is 5.41 Å². The molecule has 3 heterocycles. The number of aromatic nitrogens is 1. The Kier molecular flexibility index (Phi) is 8.46. The van der Waals surface area contributed by atoms with Gasteiger partial charge < -0.3 is 20.2 Å². The fraction of sp³-hybridized carbons (Fsp3) is 0.684. The van der Waals surface area contributed by atoms with Crippen LogP contribution in [0.2, 0.25) is 0 Å². The minimum absolute atomic E-state index is 0.0347. The average molecular weight is 480 g/mol. The van der Waals surface area contributed by atoms with E-state index in [0.717, 1.165) is 24.6 Å². The van der Waals surface area contributed by atoms with Crippen LogP contribution < -0.4 is 5.32 Å². The molecule has 1 aromatic heterocycles. The topological polar surface area (TPSA) is 106 Å². The second-order valence-electron chi connectivity index (χ2n) is 8.39. The summed E-state index contributed by atoms with van der Waals surface area (Å²) in [7, 11) is 1.85. The minimum atomic E-state index is -5.08. The lowest BCUT2D eigenvalue weighted by atomic mass is 9.86. The summed E-state index contributed by atoms with van der Waals surface area (Å²) < 4.78 is 31.7. The van der Waals surface area contributed by atoms with E-state index in [-0.39, 0.29) is 23.4 Å². The molecule has 2 N–H and O–H groups in total. The molecule has 1 spiro atoms. The Labute approximate surface area is 188 Å². The highest BCUT2D eigenvalue weighted by Crippen LogP contribution is 2.35. The van der Waals surface area contributed by atoms with Gasteiger partial charge in [-0.05, 0) is 13.8 Å². The molecule has 32 heavy (non-hydrogen) atoms. The zero-order valence-electron chi connectivity index (χ0n) is 18.2. The van der Waals surface area contributed by atoms with Gasteiger partial charge in [-0.3, -0.25) is 9.69 Å². The third kappa shape index (κ3) is 7.33. The Morgan fingerprint density at radius 2 is 1.94 bits per heavy atom. The Morgan fingerprint density at radius 1 is 1.28 bits per heavy atom. The van der Waals surface area contributed by atoms with Crippen LogP contribution in [-0.2, 0) is 16.1 Å². The molecule has 0 bridgehead atoms. The molecule has 2 fully saturated rings. The predicted molar refractivity (Wildman–Crippen MR) is 111 cm³/mol. The van der Waals surface area contributed by atoms with Gasteiger partial charge in [-0.15, -0.1) is 11.3 Å². The molecule has 0 saturated carbocycles. The van der Waals surface area contributed by atoms with E-state index in [2.05, 4.69) is 15.2 Å². The zero-order chi connectivity index (χ0) is 24.1. The van der Waals surface area contributed by atoms with Gasteiger partial charge in [0.15, 0.2) is 0 Å². The number of carbonyl (C=O) groups is 3.